The van der Waals surface area contributed by atoms with Crippen LogP contribution in [0.1, 0.15) is 84.5 Å². The summed E-state index contributed by atoms with van der Waals surface area (Å²) in [5, 5.41) is 41.1. The Morgan fingerprint density at radius 1 is 0.562 bits per heavy atom. The highest BCUT2D eigenvalue weighted by molar-refractivity contribution is 5.80. The summed E-state index contributed by atoms with van der Waals surface area (Å²) in [7, 11) is 0. The molecule has 15 nitrogen and oxygen atoms in total. The van der Waals surface area contributed by atoms with Gasteiger partial charge in [-0.1, -0.05) is 52.4 Å². The zero-order valence-corrected chi connectivity index (χ0v) is 28.9. The Labute approximate surface area is 284 Å². The zero-order chi connectivity index (χ0) is 35.9. The van der Waals surface area contributed by atoms with Crippen LogP contribution in [0.25, 0.3) is 0 Å². The first-order valence-corrected chi connectivity index (χ1v) is 17.4. The third kappa shape index (κ3) is 21.0. The standard InChI is InChI=1S/C33H59N5O10/c1-26(2)28(39)11-9-7-5-3-4-6-8-10-14-34-29(40)13-12-27(33(47)48)38-21-19-36(24-31(43)44)17-15-35(23-30(41)42)16-18-37(20-22-38)25-32(45)46/h26-27H,3-25H2,1-2H3,(H,34,40)(H,41,42)(H,43,44)(H,45,46)(H,47,48). The number of carboxylic acids is 4. The van der Waals surface area contributed by atoms with Crippen molar-refractivity contribution in [3.63, 3.8) is 0 Å². The molecular formula is C33H59N5O10. The maximum absolute atomic E-state index is 12.6. The molecule has 15 heteroatoms. The molecule has 0 aromatic rings. The van der Waals surface area contributed by atoms with E-state index < -0.39 is 29.9 Å². The van der Waals surface area contributed by atoms with Gasteiger partial charge in [-0.2, -0.15) is 0 Å². The molecule has 1 amide bonds. The number of nitrogens with zero attached hydrogens (tertiary/aromatic N) is 4. The number of hydrogen-bond acceptors (Lipinski definition) is 10. The monoisotopic (exact) mass is 685 g/mol. The summed E-state index contributed by atoms with van der Waals surface area (Å²) in [5.41, 5.74) is 0. The van der Waals surface area contributed by atoms with Crippen LogP contribution in [0.3, 0.4) is 0 Å². The lowest BCUT2D eigenvalue weighted by atomic mass is 10.0. The number of hydrogen-bond donors (Lipinski definition) is 5. The van der Waals surface area contributed by atoms with Crippen molar-refractivity contribution in [2.75, 3.05) is 78.5 Å². The topological polar surface area (TPSA) is 208 Å². The predicted octanol–water partition coefficient (Wildman–Crippen LogP) is 1.55. The average molecular weight is 686 g/mol. The summed E-state index contributed by atoms with van der Waals surface area (Å²) in [6.07, 6.45) is 8.92. The highest BCUT2D eigenvalue weighted by Gasteiger charge is 2.28. The van der Waals surface area contributed by atoms with Crippen LogP contribution in [-0.4, -0.2) is 160 Å². The van der Waals surface area contributed by atoms with Crippen LogP contribution in [0.2, 0.25) is 0 Å². The highest BCUT2D eigenvalue weighted by atomic mass is 16.4. The van der Waals surface area contributed by atoms with Crippen LogP contribution in [0.5, 0.6) is 0 Å². The number of Topliss-reactive ketones (excluding diaryl/α,β-unsaturated/α-hetero) is 1. The molecule has 5 N–H and O–H groups in total. The lowest BCUT2D eigenvalue weighted by Crippen LogP contribution is -2.52. The van der Waals surface area contributed by atoms with E-state index in [0.717, 1.165) is 51.4 Å². The summed E-state index contributed by atoms with van der Waals surface area (Å²) in [6, 6.07) is -1.04. The molecule has 276 valence electrons. The molecule has 1 unspecified atom stereocenters. The smallest absolute Gasteiger partial charge is 0.320 e. The molecule has 0 saturated carbocycles. The van der Waals surface area contributed by atoms with Gasteiger partial charge in [-0.25, -0.2) is 0 Å². The normalized spacial score (nSPS) is 16.9. The Morgan fingerprint density at radius 3 is 1.35 bits per heavy atom. The van der Waals surface area contributed by atoms with E-state index >= 15 is 0 Å². The van der Waals surface area contributed by atoms with Crippen LogP contribution >= 0.6 is 0 Å². The molecular weight excluding hydrogens is 626 g/mol. The second-order valence-corrected chi connectivity index (χ2v) is 13.0. The fraction of sp³-hybridized carbons (Fsp3) is 0.818. The SMILES string of the molecule is CC(C)C(=O)CCCCCCCCCCNC(=O)CCC(C(=O)O)N1CCN(CC(=O)O)CCN(CC(=O)O)CCN(CC(=O)O)CC1. The number of carboxylic acid groups (broad SMARTS) is 4. The van der Waals surface area contributed by atoms with Crippen molar-refractivity contribution < 1.29 is 49.2 Å². The number of ketones is 1. The largest absolute Gasteiger partial charge is 0.480 e. The van der Waals surface area contributed by atoms with Gasteiger partial charge in [0, 0.05) is 77.7 Å². The number of unbranched alkanes of at least 4 members (excludes halogenated alkanes) is 7. The molecule has 0 spiro atoms. The fourth-order valence-corrected chi connectivity index (χ4v) is 5.73. The van der Waals surface area contributed by atoms with Crippen LogP contribution in [0.4, 0.5) is 0 Å². The van der Waals surface area contributed by atoms with Crippen molar-refractivity contribution in [2.45, 2.75) is 90.5 Å². The summed E-state index contributed by atoms with van der Waals surface area (Å²) in [4.78, 5) is 77.6. The third-order valence-electron chi connectivity index (χ3n) is 8.64. The molecule has 0 bridgehead atoms. The minimum atomic E-state index is -1.12. The summed E-state index contributed by atoms with van der Waals surface area (Å²) in [5.74, 6) is -4.12. The van der Waals surface area contributed by atoms with E-state index in [1.54, 1.807) is 19.6 Å². The van der Waals surface area contributed by atoms with Crippen molar-refractivity contribution in [2.24, 2.45) is 5.92 Å². The number of carbonyl (C=O) groups is 6. The Balaban J connectivity index is 2.64. The van der Waals surface area contributed by atoms with Gasteiger partial charge in [-0.3, -0.25) is 48.4 Å². The van der Waals surface area contributed by atoms with E-state index in [9.17, 15) is 49.2 Å². The van der Waals surface area contributed by atoms with Crippen LogP contribution < -0.4 is 5.32 Å². The van der Waals surface area contributed by atoms with Crippen LogP contribution in [0.15, 0.2) is 0 Å². The Bertz CT molecular complexity index is 979. The average Bonchev–Trinajstić information content (AvgIpc) is 2.99. The third-order valence-corrected chi connectivity index (χ3v) is 8.64. The maximum atomic E-state index is 12.6. The number of amides is 1. The first-order chi connectivity index (χ1) is 22.8. The molecule has 1 rings (SSSR count). The minimum Gasteiger partial charge on any atom is -0.480 e. The van der Waals surface area contributed by atoms with E-state index in [2.05, 4.69) is 5.32 Å². The number of rotatable bonds is 23. The maximum Gasteiger partial charge on any atom is 0.320 e. The van der Waals surface area contributed by atoms with E-state index in [1.807, 2.05) is 13.8 Å². The second-order valence-electron chi connectivity index (χ2n) is 13.0. The highest BCUT2D eigenvalue weighted by Crippen LogP contribution is 2.13. The molecule has 48 heavy (non-hydrogen) atoms. The number of nitrogens with one attached hydrogen (secondary N) is 1. The van der Waals surface area contributed by atoms with Gasteiger partial charge in [0.25, 0.3) is 0 Å². The summed E-state index contributed by atoms with van der Waals surface area (Å²) >= 11 is 0. The van der Waals surface area contributed by atoms with Crippen molar-refractivity contribution in [1.82, 2.24) is 24.9 Å². The number of carbonyl (C=O) groups excluding carboxylic acids is 2. The van der Waals surface area contributed by atoms with E-state index in [1.165, 1.54) is 0 Å². The van der Waals surface area contributed by atoms with Gasteiger partial charge < -0.3 is 25.7 Å². The van der Waals surface area contributed by atoms with Gasteiger partial charge in [-0.05, 0) is 19.3 Å². The zero-order valence-electron chi connectivity index (χ0n) is 28.9. The van der Waals surface area contributed by atoms with Gasteiger partial charge in [0.2, 0.25) is 5.91 Å². The molecule has 1 aliphatic rings. The van der Waals surface area contributed by atoms with Gasteiger partial charge in [0.15, 0.2) is 0 Å². The van der Waals surface area contributed by atoms with Crippen LogP contribution in [-0.2, 0) is 28.8 Å². The first kappa shape index (κ1) is 42.9. The molecule has 1 aliphatic heterocycles. The Kier molecular flexibility index (Phi) is 22.3. The molecule has 1 atom stereocenters. The predicted molar refractivity (Wildman–Crippen MR) is 179 cm³/mol. The van der Waals surface area contributed by atoms with Gasteiger partial charge in [0.1, 0.15) is 11.8 Å². The fourth-order valence-electron chi connectivity index (χ4n) is 5.73. The first-order valence-electron chi connectivity index (χ1n) is 17.4. The summed E-state index contributed by atoms with van der Waals surface area (Å²) in [6.45, 7) is 5.15. The van der Waals surface area contributed by atoms with Crippen molar-refractivity contribution in [3.05, 3.63) is 0 Å². The van der Waals surface area contributed by atoms with Gasteiger partial charge in [-0.15, -0.1) is 0 Å². The Morgan fingerprint density at radius 2 is 0.958 bits per heavy atom. The van der Waals surface area contributed by atoms with Crippen molar-refractivity contribution in [1.29, 1.82) is 0 Å². The van der Waals surface area contributed by atoms with Crippen LogP contribution in [0, 0.1) is 5.92 Å². The van der Waals surface area contributed by atoms with E-state index in [0.29, 0.717) is 18.7 Å². The van der Waals surface area contributed by atoms with Gasteiger partial charge in [0.05, 0.1) is 19.6 Å². The van der Waals surface area contributed by atoms with E-state index in [-0.39, 0.29) is 96.7 Å². The minimum absolute atomic E-state index is 0.00535. The molecule has 1 saturated heterocycles. The molecule has 0 radical (unpaired) electrons. The second kappa shape index (κ2) is 24.9. The van der Waals surface area contributed by atoms with Crippen molar-refractivity contribution in [3.8, 4) is 0 Å². The lowest BCUT2D eigenvalue weighted by Gasteiger charge is -2.35. The van der Waals surface area contributed by atoms with Crippen molar-refractivity contribution >= 4 is 35.6 Å². The molecule has 0 aromatic carbocycles. The van der Waals surface area contributed by atoms with Gasteiger partial charge >= 0.3 is 23.9 Å². The molecule has 1 fully saturated rings. The molecule has 0 aliphatic carbocycles. The summed E-state index contributed by atoms with van der Waals surface area (Å²) < 4.78 is 0. The Hall–Kier alpha value is -3.14. The molecule has 0 aromatic heterocycles. The number of aliphatic carboxylic acids is 4. The van der Waals surface area contributed by atoms with E-state index in [4.69, 9.17) is 0 Å². The lowest BCUT2D eigenvalue weighted by molar-refractivity contribution is -0.145. The molecule has 1 heterocycles. The quantitative estimate of drug-likeness (QED) is 0.0968.